The number of fused-ring (bicyclic) bond motifs is 1. The molecule has 3 rings (SSSR count). The lowest BCUT2D eigenvalue weighted by molar-refractivity contribution is 0.0103. The number of anilines is 1. The lowest BCUT2D eigenvalue weighted by Crippen LogP contribution is -2.61. The van der Waals surface area contributed by atoms with E-state index in [0.717, 1.165) is 0 Å². The molecule has 0 aliphatic carbocycles. The number of rotatable bonds is 2. The number of carbonyl (C=O) groups excluding carboxylic acids is 1. The van der Waals surface area contributed by atoms with E-state index in [0.29, 0.717) is 23.4 Å². The zero-order valence-electron chi connectivity index (χ0n) is 17.8. The summed E-state index contributed by atoms with van der Waals surface area (Å²) in [6.07, 6.45) is -0.459. The first kappa shape index (κ1) is 21.5. The standard InChI is InChI=1S/C20H26N6O4/c1-12-9-26(14(11-27)10-25(12)19(29)30-20(2,3)4)17-16-15(24(5)18(28)23-17)7-6-13(8-21)22-16/h6-7,12,14,27H,9-11H2,1-5H3. The monoisotopic (exact) mass is 414 g/mol. The van der Waals surface area contributed by atoms with Gasteiger partial charge in [0, 0.05) is 26.2 Å². The topological polar surface area (TPSA) is 125 Å². The molecule has 1 aliphatic rings. The zero-order chi connectivity index (χ0) is 22.2. The minimum Gasteiger partial charge on any atom is -0.444 e. The van der Waals surface area contributed by atoms with Crippen LogP contribution in [0.15, 0.2) is 16.9 Å². The molecule has 1 aliphatic heterocycles. The minimum atomic E-state index is -0.635. The highest BCUT2D eigenvalue weighted by Gasteiger charge is 2.37. The number of nitrogens with zero attached hydrogens (tertiary/aromatic N) is 6. The summed E-state index contributed by atoms with van der Waals surface area (Å²) < 4.78 is 6.85. The molecule has 0 bridgehead atoms. The van der Waals surface area contributed by atoms with Crippen LogP contribution < -0.4 is 10.6 Å². The maximum atomic E-state index is 12.6. The summed E-state index contributed by atoms with van der Waals surface area (Å²) in [6, 6.07) is 4.42. The Morgan fingerprint density at radius 2 is 2.03 bits per heavy atom. The number of piperazine rings is 1. The van der Waals surface area contributed by atoms with Gasteiger partial charge in [0.05, 0.1) is 18.2 Å². The smallest absolute Gasteiger partial charge is 0.410 e. The summed E-state index contributed by atoms with van der Waals surface area (Å²) in [6.45, 7) is 7.50. The molecule has 2 aromatic heterocycles. The van der Waals surface area contributed by atoms with Gasteiger partial charge < -0.3 is 19.6 Å². The van der Waals surface area contributed by atoms with Gasteiger partial charge in [-0.1, -0.05) is 0 Å². The summed E-state index contributed by atoms with van der Waals surface area (Å²) in [7, 11) is 1.59. The van der Waals surface area contributed by atoms with Gasteiger partial charge in [-0.3, -0.25) is 4.57 Å². The number of hydrogen-bond acceptors (Lipinski definition) is 8. The Bertz CT molecular complexity index is 1070. The van der Waals surface area contributed by atoms with Crippen molar-refractivity contribution < 1.29 is 14.6 Å². The number of nitriles is 1. The molecule has 2 atom stereocenters. The zero-order valence-corrected chi connectivity index (χ0v) is 17.8. The van der Waals surface area contributed by atoms with Crippen LogP contribution in [0, 0.1) is 11.3 Å². The van der Waals surface area contributed by atoms with Gasteiger partial charge in [0.25, 0.3) is 0 Å². The van der Waals surface area contributed by atoms with Crippen molar-refractivity contribution in [1.82, 2.24) is 19.4 Å². The second-order valence-electron chi connectivity index (χ2n) is 8.42. The van der Waals surface area contributed by atoms with Crippen LogP contribution in [0.4, 0.5) is 10.6 Å². The number of aliphatic hydroxyl groups excluding tert-OH is 1. The fourth-order valence-electron chi connectivity index (χ4n) is 3.50. The number of aromatic nitrogens is 3. The lowest BCUT2D eigenvalue weighted by atomic mass is 10.1. The molecule has 0 saturated carbocycles. The van der Waals surface area contributed by atoms with Gasteiger partial charge in [0.2, 0.25) is 0 Å². The van der Waals surface area contributed by atoms with Crippen molar-refractivity contribution >= 4 is 22.9 Å². The first-order valence-electron chi connectivity index (χ1n) is 9.70. The summed E-state index contributed by atoms with van der Waals surface area (Å²) >= 11 is 0. The summed E-state index contributed by atoms with van der Waals surface area (Å²) in [5.41, 5.74) is 0.0208. The van der Waals surface area contributed by atoms with Crippen LogP contribution in [0.1, 0.15) is 33.4 Å². The van der Waals surface area contributed by atoms with Gasteiger partial charge in [-0.15, -0.1) is 0 Å². The predicted octanol–water partition coefficient (Wildman–Crippen LogP) is 1.01. The van der Waals surface area contributed by atoms with Crippen LogP contribution >= 0.6 is 0 Å². The van der Waals surface area contributed by atoms with E-state index in [9.17, 15) is 20.0 Å². The van der Waals surface area contributed by atoms with E-state index in [-0.39, 0.29) is 24.9 Å². The van der Waals surface area contributed by atoms with Crippen LogP contribution in [0.5, 0.6) is 0 Å². The molecule has 10 heteroatoms. The Balaban J connectivity index is 2.03. The highest BCUT2D eigenvalue weighted by Crippen LogP contribution is 2.27. The van der Waals surface area contributed by atoms with Crippen molar-refractivity contribution in [2.45, 2.75) is 45.4 Å². The number of aliphatic hydroxyl groups is 1. The van der Waals surface area contributed by atoms with Crippen LogP contribution in [-0.2, 0) is 11.8 Å². The highest BCUT2D eigenvalue weighted by molar-refractivity contribution is 5.86. The van der Waals surface area contributed by atoms with Crippen molar-refractivity contribution in [3.05, 3.63) is 28.3 Å². The Labute approximate surface area is 174 Å². The highest BCUT2D eigenvalue weighted by atomic mass is 16.6. The third-order valence-electron chi connectivity index (χ3n) is 5.00. The molecular weight excluding hydrogens is 388 g/mol. The van der Waals surface area contributed by atoms with Gasteiger partial charge in [-0.05, 0) is 39.8 Å². The number of hydrogen-bond donors (Lipinski definition) is 1. The van der Waals surface area contributed by atoms with Gasteiger partial charge in [0.15, 0.2) is 5.82 Å². The fourth-order valence-corrected chi connectivity index (χ4v) is 3.50. The number of ether oxygens (including phenoxy) is 1. The van der Waals surface area contributed by atoms with Crippen molar-refractivity contribution in [2.75, 3.05) is 24.6 Å². The van der Waals surface area contributed by atoms with Crippen LogP contribution in [-0.4, -0.2) is 68.0 Å². The summed E-state index contributed by atoms with van der Waals surface area (Å²) in [5, 5.41) is 19.3. The summed E-state index contributed by atoms with van der Waals surface area (Å²) in [5.74, 6) is 0.292. The number of carbonyl (C=O) groups is 1. The van der Waals surface area contributed by atoms with E-state index in [1.165, 1.54) is 10.6 Å². The molecule has 1 N–H and O–H groups in total. The average Bonchev–Trinajstić information content (AvgIpc) is 2.68. The van der Waals surface area contributed by atoms with Gasteiger partial charge >= 0.3 is 11.8 Å². The third-order valence-corrected chi connectivity index (χ3v) is 5.00. The molecule has 2 unspecified atom stereocenters. The van der Waals surface area contributed by atoms with E-state index < -0.39 is 23.4 Å². The molecule has 160 valence electrons. The number of pyridine rings is 1. The van der Waals surface area contributed by atoms with Crippen molar-refractivity contribution in [1.29, 1.82) is 5.26 Å². The molecule has 1 fully saturated rings. The molecule has 0 spiro atoms. The Morgan fingerprint density at radius 1 is 1.33 bits per heavy atom. The van der Waals surface area contributed by atoms with E-state index in [1.54, 1.807) is 43.7 Å². The second kappa shape index (κ2) is 7.91. The fraction of sp³-hybridized carbons (Fsp3) is 0.550. The molecular formula is C20H26N6O4. The molecule has 1 saturated heterocycles. The third kappa shape index (κ3) is 4.07. The normalized spacial score (nSPS) is 19.6. The average molecular weight is 414 g/mol. The Hall–Kier alpha value is -3.19. The minimum absolute atomic E-state index is 0.197. The molecule has 2 aromatic rings. The van der Waals surface area contributed by atoms with Gasteiger partial charge in [0.1, 0.15) is 22.9 Å². The second-order valence-corrected chi connectivity index (χ2v) is 8.42. The van der Waals surface area contributed by atoms with E-state index in [1.807, 2.05) is 13.0 Å². The van der Waals surface area contributed by atoms with Crippen LogP contribution in [0.25, 0.3) is 11.0 Å². The lowest BCUT2D eigenvalue weighted by Gasteiger charge is -2.45. The maximum Gasteiger partial charge on any atom is 0.410 e. The van der Waals surface area contributed by atoms with Crippen molar-refractivity contribution in [3.8, 4) is 6.07 Å². The van der Waals surface area contributed by atoms with Crippen molar-refractivity contribution in [2.24, 2.45) is 7.05 Å². The largest absolute Gasteiger partial charge is 0.444 e. The number of aryl methyl sites for hydroxylation is 1. The van der Waals surface area contributed by atoms with E-state index in [2.05, 4.69) is 9.97 Å². The number of amides is 1. The van der Waals surface area contributed by atoms with Crippen molar-refractivity contribution in [3.63, 3.8) is 0 Å². The first-order chi connectivity index (χ1) is 14.1. The quantitative estimate of drug-likeness (QED) is 0.772. The molecule has 0 radical (unpaired) electrons. The molecule has 3 heterocycles. The molecule has 1 amide bonds. The SMILES string of the molecule is CC1CN(c2nc(=O)n(C)c3ccc(C#N)nc23)C(CO)CN1C(=O)OC(C)(C)C. The first-order valence-corrected chi connectivity index (χ1v) is 9.70. The Morgan fingerprint density at radius 3 is 2.63 bits per heavy atom. The summed E-state index contributed by atoms with van der Waals surface area (Å²) in [4.78, 5) is 36.9. The molecule has 10 nitrogen and oxygen atoms in total. The maximum absolute atomic E-state index is 12.6. The molecule has 0 aromatic carbocycles. The molecule has 30 heavy (non-hydrogen) atoms. The Kier molecular flexibility index (Phi) is 5.67. The predicted molar refractivity (Wildman–Crippen MR) is 110 cm³/mol. The van der Waals surface area contributed by atoms with Crippen LogP contribution in [0.3, 0.4) is 0 Å². The van der Waals surface area contributed by atoms with E-state index >= 15 is 0 Å². The van der Waals surface area contributed by atoms with Gasteiger partial charge in [-0.25, -0.2) is 14.6 Å². The van der Waals surface area contributed by atoms with Gasteiger partial charge in [-0.2, -0.15) is 10.2 Å². The van der Waals surface area contributed by atoms with Crippen LogP contribution in [0.2, 0.25) is 0 Å². The van der Waals surface area contributed by atoms with E-state index in [4.69, 9.17) is 4.74 Å².